The van der Waals surface area contributed by atoms with Crippen LogP contribution in [0.5, 0.6) is 0 Å². The van der Waals surface area contributed by atoms with E-state index in [1.807, 2.05) is 12.1 Å². The minimum Gasteiger partial charge on any atom is -0.379 e. The first-order valence-electron chi connectivity index (χ1n) is 8.43. The van der Waals surface area contributed by atoms with Gasteiger partial charge in [-0.3, -0.25) is 4.90 Å². The lowest BCUT2D eigenvalue weighted by molar-refractivity contribution is 0.0384. The Labute approximate surface area is 140 Å². The van der Waals surface area contributed by atoms with Crippen molar-refractivity contribution < 1.29 is 4.74 Å². The van der Waals surface area contributed by atoms with Crippen molar-refractivity contribution in [1.29, 1.82) is 0 Å². The van der Waals surface area contributed by atoms with Crippen molar-refractivity contribution in [2.45, 2.75) is 26.2 Å². The molecule has 1 fully saturated rings. The molecule has 1 aliphatic rings. The van der Waals surface area contributed by atoms with Crippen molar-refractivity contribution in [3.63, 3.8) is 0 Å². The molecule has 0 aliphatic carbocycles. The van der Waals surface area contributed by atoms with Gasteiger partial charge in [0.05, 0.1) is 13.2 Å². The van der Waals surface area contributed by atoms with Crippen LogP contribution in [0.2, 0.25) is 5.02 Å². The number of rotatable bonds is 8. The summed E-state index contributed by atoms with van der Waals surface area (Å²) in [6.45, 7) is 11.7. The van der Waals surface area contributed by atoms with Crippen LogP contribution in [-0.4, -0.2) is 50.8 Å². The molecule has 1 N–H and O–H groups in total. The molecule has 4 heteroatoms. The highest BCUT2D eigenvalue weighted by molar-refractivity contribution is 6.30. The van der Waals surface area contributed by atoms with Gasteiger partial charge in [0.2, 0.25) is 0 Å². The van der Waals surface area contributed by atoms with Gasteiger partial charge in [-0.05, 0) is 42.5 Å². The van der Waals surface area contributed by atoms with E-state index < -0.39 is 0 Å². The molecule has 1 aromatic rings. The molecule has 22 heavy (non-hydrogen) atoms. The van der Waals surface area contributed by atoms with Crippen LogP contribution in [0.3, 0.4) is 0 Å². The highest BCUT2D eigenvalue weighted by Gasteiger charge is 2.15. The van der Waals surface area contributed by atoms with Gasteiger partial charge in [0.25, 0.3) is 0 Å². The van der Waals surface area contributed by atoms with Gasteiger partial charge in [-0.2, -0.15) is 0 Å². The number of nitrogens with one attached hydrogen (secondary N) is 1. The second kappa shape index (κ2) is 9.51. The molecule has 0 aromatic heterocycles. The molecule has 0 saturated carbocycles. The fourth-order valence-electron chi connectivity index (χ4n) is 3.04. The van der Waals surface area contributed by atoms with Crippen LogP contribution in [0.4, 0.5) is 0 Å². The van der Waals surface area contributed by atoms with Crippen LogP contribution in [-0.2, 0) is 4.74 Å². The number of ether oxygens (including phenoxy) is 1. The lowest BCUT2D eigenvalue weighted by Crippen LogP contribution is -2.40. The standard InChI is InChI=1S/C18H29ClN2O/c1-15(2)18(16-3-5-17(19)6-4-16)7-8-20-9-10-21-11-13-22-14-12-21/h3-6,15,18,20H,7-14H2,1-2H3/t18-/m0/s1. The molecular weight excluding hydrogens is 296 g/mol. The van der Waals surface area contributed by atoms with Gasteiger partial charge in [-0.15, -0.1) is 0 Å². The molecule has 1 saturated heterocycles. The Morgan fingerprint density at radius 1 is 1.14 bits per heavy atom. The van der Waals surface area contributed by atoms with Gasteiger partial charge >= 0.3 is 0 Å². The molecule has 1 aliphatic heterocycles. The van der Waals surface area contributed by atoms with E-state index in [0.717, 1.165) is 51.0 Å². The molecule has 0 amide bonds. The van der Waals surface area contributed by atoms with Crippen LogP contribution in [0.1, 0.15) is 31.7 Å². The van der Waals surface area contributed by atoms with Gasteiger partial charge in [0.1, 0.15) is 0 Å². The third kappa shape index (κ3) is 5.88. The monoisotopic (exact) mass is 324 g/mol. The van der Waals surface area contributed by atoms with Crippen molar-refractivity contribution in [3.05, 3.63) is 34.9 Å². The number of nitrogens with zero attached hydrogens (tertiary/aromatic N) is 1. The van der Waals surface area contributed by atoms with Gasteiger partial charge in [-0.1, -0.05) is 37.6 Å². The number of halogens is 1. The third-order valence-corrected chi connectivity index (χ3v) is 4.70. The Balaban J connectivity index is 1.69. The average molecular weight is 325 g/mol. The van der Waals surface area contributed by atoms with Gasteiger partial charge in [0.15, 0.2) is 0 Å². The minimum absolute atomic E-state index is 0.591. The van der Waals surface area contributed by atoms with Gasteiger partial charge < -0.3 is 10.1 Å². The van der Waals surface area contributed by atoms with Crippen molar-refractivity contribution in [3.8, 4) is 0 Å². The second-order valence-corrected chi connectivity index (χ2v) is 6.83. The summed E-state index contributed by atoms with van der Waals surface area (Å²) in [6.07, 6.45) is 1.17. The Morgan fingerprint density at radius 2 is 1.82 bits per heavy atom. The molecule has 1 heterocycles. The Hall–Kier alpha value is -0.610. The lowest BCUT2D eigenvalue weighted by Gasteiger charge is -2.27. The van der Waals surface area contributed by atoms with Crippen molar-refractivity contribution >= 4 is 11.6 Å². The number of benzene rings is 1. The van der Waals surface area contributed by atoms with Crippen LogP contribution in [0, 0.1) is 5.92 Å². The maximum atomic E-state index is 5.99. The van der Waals surface area contributed by atoms with E-state index in [2.05, 4.69) is 36.2 Å². The quantitative estimate of drug-likeness (QED) is 0.742. The minimum atomic E-state index is 0.591. The number of morpholine rings is 1. The van der Waals surface area contributed by atoms with Gasteiger partial charge in [0, 0.05) is 31.2 Å². The average Bonchev–Trinajstić information content (AvgIpc) is 2.53. The summed E-state index contributed by atoms with van der Waals surface area (Å²) in [6, 6.07) is 8.33. The van der Waals surface area contributed by atoms with Crippen molar-refractivity contribution in [2.75, 3.05) is 45.9 Å². The Kier molecular flexibility index (Phi) is 7.67. The normalized spacial score (nSPS) is 17.8. The van der Waals surface area contributed by atoms with Gasteiger partial charge in [-0.25, -0.2) is 0 Å². The summed E-state index contributed by atoms with van der Waals surface area (Å²) in [7, 11) is 0. The number of hydrogen-bond donors (Lipinski definition) is 1. The summed E-state index contributed by atoms with van der Waals surface area (Å²) in [4.78, 5) is 2.47. The first-order valence-corrected chi connectivity index (χ1v) is 8.81. The summed E-state index contributed by atoms with van der Waals surface area (Å²) < 4.78 is 5.37. The molecule has 1 aromatic carbocycles. The molecule has 0 radical (unpaired) electrons. The van der Waals surface area contributed by atoms with E-state index in [0.29, 0.717) is 11.8 Å². The third-order valence-electron chi connectivity index (χ3n) is 4.44. The maximum Gasteiger partial charge on any atom is 0.0594 e. The van der Waals surface area contributed by atoms with Crippen molar-refractivity contribution in [1.82, 2.24) is 10.2 Å². The van der Waals surface area contributed by atoms with Crippen LogP contribution in [0.25, 0.3) is 0 Å². The zero-order valence-electron chi connectivity index (χ0n) is 13.9. The number of hydrogen-bond acceptors (Lipinski definition) is 3. The SMILES string of the molecule is CC(C)[C@H](CCNCCN1CCOCC1)c1ccc(Cl)cc1. The molecule has 0 bridgehead atoms. The van der Waals surface area contributed by atoms with Crippen molar-refractivity contribution in [2.24, 2.45) is 5.92 Å². The Morgan fingerprint density at radius 3 is 2.45 bits per heavy atom. The fourth-order valence-corrected chi connectivity index (χ4v) is 3.17. The van der Waals surface area contributed by atoms with E-state index in [9.17, 15) is 0 Å². The predicted octanol–water partition coefficient (Wildman–Crippen LogP) is 3.39. The highest BCUT2D eigenvalue weighted by atomic mass is 35.5. The maximum absolute atomic E-state index is 5.99. The molecule has 124 valence electrons. The first kappa shape index (κ1) is 17.7. The van der Waals surface area contributed by atoms with E-state index in [1.165, 1.54) is 12.0 Å². The highest BCUT2D eigenvalue weighted by Crippen LogP contribution is 2.28. The lowest BCUT2D eigenvalue weighted by atomic mass is 9.86. The zero-order chi connectivity index (χ0) is 15.8. The second-order valence-electron chi connectivity index (χ2n) is 6.39. The molecule has 3 nitrogen and oxygen atoms in total. The Bertz CT molecular complexity index is 416. The summed E-state index contributed by atoms with van der Waals surface area (Å²) >= 11 is 5.99. The summed E-state index contributed by atoms with van der Waals surface area (Å²) in [5.74, 6) is 1.23. The van der Waals surface area contributed by atoms with Crippen LogP contribution >= 0.6 is 11.6 Å². The molecule has 0 unspecified atom stereocenters. The van der Waals surface area contributed by atoms with Crippen LogP contribution in [0.15, 0.2) is 24.3 Å². The summed E-state index contributed by atoms with van der Waals surface area (Å²) in [5, 5.41) is 4.41. The van der Waals surface area contributed by atoms with E-state index in [1.54, 1.807) is 0 Å². The van der Waals surface area contributed by atoms with Crippen LogP contribution < -0.4 is 5.32 Å². The molecule has 0 spiro atoms. The fraction of sp³-hybridized carbons (Fsp3) is 0.667. The zero-order valence-corrected chi connectivity index (χ0v) is 14.6. The first-order chi connectivity index (χ1) is 10.7. The largest absolute Gasteiger partial charge is 0.379 e. The van der Waals surface area contributed by atoms with E-state index in [-0.39, 0.29) is 0 Å². The van der Waals surface area contributed by atoms with E-state index >= 15 is 0 Å². The predicted molar refractivity (Wildman–Crippen MR) is 93.8 cm³/mol. The molecule has 1 atom stereocenters. The molecular formula is C18H29ClN2O. The van der Waals surface area contributed by atoms with E-state index in [4.69, 9.17) is 16.3 Å². The summed E-state index contributed by atoms with van der Waals surface area (Å²) in [5.41, 5.74) is 1.40. The smallest absolute Gasteiger partial charge is 0.0594 e. The topological polar surface area (TPSA) is 24.5 Å². The molecule has 2 rings (SSSR count).